The largest absolute Gasteiger partial charge is 0.338 e. The minimum atomic E-state index is -0.296. The summed E-state index contributed by atoms with van der Waals surface area (Å²) in [5.41, 5.74) is 3.05. The fourth-order valence-corrected chi connectivity index (χ4v) is 4.08. The maximum absolute atomic E-state index is 12.9. The van der Waals surface area contributed by atoms with Crippen LogP contribution in [0.3, 0.4) is 0 Å². The molecule has 1 aromatic carbocycles. The molecule has 7 nitrogen and oxygen atoms in total. The molecule has 7 heteroatoms. The van der Waals surface area contributed by atoms with Crippen molar-refractivity contribution in [2.24, 2.45) is 0 Å². The maximum Gasteiger partial charge on any atom is 0.293 e. The molecule has 0 spiro atoms. The van der Waals surface area contributed by atoms with Crippen LogP contribution in [-0.4, -0.2) is 42.8 Å². The smallest absolute Gasteiger partial charge is 0.293 e. The Kier molecular flexibility index (Phi) is 5.47. The molecular weight excluding hydrogens is 366 g/mol. The summed E-state index contributed by atoms with van der Waals surface area (Å²) < 4.78 is 2.74. The number of benzene rings is 1. The molecule has 1 aliphatic heterocycles. The Morgan fingerprint density at radius 1 is 1.17 bits per heavy atom. The maximum atomic E-state index is 12.9. The molecule has 1 aliphatic rings. The molecule has 2 aromatic heterocycles. The van der Waals surface area contributed by atoms with Gasteiger partial charge in [-0.3, -0.25) is 9.59 Å². The Bertz CT molecular complexity index is 1070. The van der Waals surface area contributed by atoms with Gasteiger partial charge in [0.2, 0.25) is 5.91 Å². The number of nitrogens with zero attached hydrogens (tertiary/aromatic N) is 5. The second kappa shape index (κ2) is 8.19. The first kappa shape index (κ1) is 19.4. The van der Waals surface area contributed by atoms with Crippen molar-refractivity contribution < 1.29 is 4.79 Å². The number of likely N-dealkylation sites (tertiary alicyclic amines) is 1. The molecule has 1 atom stereocenters. The van der Waals surface area contributed by atoms with Crippen LogP contribution in [0.2, 0.25) is 0 Å². The first-order valence-electron chi connectivity index (χ1n) is 10.4. The van der Waals surface area contributed by atoms with Gasteiger partial charge in [-0.15, -0.1) is 0 Å². The minimum absolute atomic E-state index is 0.0302. The van der Waals surface area contributed by atoms with Crippen LogP contribution in [0.4, 0.5) is 0 Å². The topological polar surface area (TPSA) is 72.5 Å². The van der Waals surface area contributed by atoms with Crippen LogP contribution in [0, 0.1) is 0 Å². The molecular formula is C22H27N5O2. The predicted molar refractivity (Wildman–Crippen MR) is 112 cm³/mol. The molecule has 0 aliphatic carbocycles. The molecule has 1 amide bonds. The van der Waals surface area contributed by atoms with Crippen molar-refractivity contribution in [1.82, 2.24) is 24.3 Å². The van der Waals surface area contributed by atoms with Gasteiger partial charge in [-0.05, 0) is 43.7 Å². The molecule has 1 saturated heterocycles. The summed E-state index contributed by atoms with van der Waals surface area (Å²) in [6, 6.07) is 10.2. The number of hydrogen-bond acceptors (Lipinski definition) is 4. The van der Waals surface area contributed by atoms with Crippen LogP contribution in [0.5, 0.6) is 0 Å². The first-order valence-corrected chi connectivity index (χ1v) is 10.4. The highest BCUT2D eigenvalue weighted by molar-refractivity contribution is 5.76. The predicted octanol–water partition coefficient (Wildman–Crippen LogP) is 2.91. The lowest BCUT2D eigenvalue weighted by Crippen LogP contribution is -2.46. The van der Waals surface area contributed by atoms with E-state index in [9.17, 15) is 9.59 Å². The fourth-order valence-electron chi connectivity index (χ4n) is 4.08. The molecule has 29 heavy (non-hydrogen) atoms. The normalized spacial score (nSPS) is 17.0. The van der Waals surface area contributed by atoms with E-state index < -0.39 is 0 Å². The lowest BCUT2D eigenvalue weighted by Gasteiger charge is -2.35. The van der Waals surface area contributed by atoms with E-state index in [4.69, 9.17) is 0 Å². The van der Waals surface area contributed by atoms with E-state index in [1.807, 2.05) is 17.0 Å². The SMILES string of the molecule is CCc1ccc(-c2cc3c(=O)n(CC(=O)N4CCCCC4CC)ncn3n2)cc1. The Labute approximate surface area is 170 Å². The van der Waals surface area contributed by atoms with Crippen LogP contribution in [-0.2, 0) is 17.8 Å². The quantitative estimate of drug-likeness (QED) is 0.668. The summed E-state index contributed by atoms with van der Waals surface area (Å²) in [6.07, 6.45) is 6.63. The Morgan fingerprint density at radius 3 is 2.69 bits per heavy atom. The van der Waals surface area contributed by atoms with Crippen molar-refractivity contribution in [1.29, 1.82) is 0 Å². The standard InChI is InChI=1S/C22H27N5O2/c1-3-16-8-10-17(11-9-16)19-13-20-22(29)26(23-15-27(20)24-19)14-21(28)25-12-6-5-7-18(25)4-2/h8-11,13,15,18H,3-7,12,14H2,1-2H3. The van der Waals surface area contributed by atoms with Gasteiger partial charge in [0, 0.05) is 18.2 Å². The highest BCUT2D eigenvalue weighted by Crippen LogP contribution is 2.20. The number of piperidine rings is 1. The molecule has 0 bridgehead atoms. The zero-order valence-corrected chi connectivity index (χ0v) is 17.0. The zero-order chi connectivity index (χ0) is 20.4. The van der Waals surface area contributed by atoms with Gasteiger partial charge in [0.25, 0.3) is 5.56 Å². The van der Waals surface area contributed by atoms with Gasteiger partial charge in [-0.2, -0.15) is 10.2 Å². The summed E-state index contributed by atoms with van der Waals surface area (Å²) in [7, 11) is 0. The van der Waals surface area contributed by atoms with E-state index in [-0.39, 0.29) is 24.1 Å². The van der Waals surface area contributed by atoms with Gasteiger partial charge in [0.15, 0.2) is 0 Å². The summed E-state index contributed by atoms with van der Waals surface area (Å²) in [6.45, 7) is 4.95. The van der Waals surface area contributed by atoms with E-state index in [1.54, 1.807) is 6.07 Å². The molecule has 1 fully saturated rings. The van der Waals surface area contributed by atoms with E-state index in [0.29, 0.717) is 5.52 Å². The third kappa shape index (κ3) is 3.81. The number of aromatic nitrogens is 4. The van der Waals surface area contributed by atoms with Crippen molar-refractivity contribution in [3.63, 3.8) is 0 Å². The molecule has 4 rings (SSSR count). The Morgan fingerprint density at radius 2 is 1.97 bits per heavy atom. The van der Waals surface area contributed by atoms with Crippen molar-refractivity contribution in [2.45, 2.75) is 58.5 Å². The lowest BCUT2D eigenvalue weighted by atomic mass is 10.00. The summed E-state index contributed by atoms with van der Waals surface area (Å²) in [4.78, 5) is 27.6. The van der Waals surface area contributed by atoms with Crippen LogP contribution < -0.4 is 5.56 Å². The fraction of sp³-hybridized carbons (Fsp3) is 0.455. The molecule has 0 saturated carbocycles. The number of amides is 1. The van der Waals surface area contributed by atoms with Crippen molar-refractivity contribution in [2.75, 3.05) is 6.54 Å². The monoisotopic (exact) mass is 393 g/mol. The Hall–Kier alpha value is -2.96. The second-order valence-corrected chi connectivity index (χ2v) is 7.65. The van der Waals surface area contributed by atoms with Gasteiger partial charge in [-0.1, -0.05) is 38.1 Å². The van der Waals surface area contributed by atoms with Crippen LogP contribution in [0.15, 0.2) is 41.5 Å². The molecule has 1 unspecified atom stereocenters. The van der Waals surface area contributed by atoms with E-state index in [1.165, 1.54) is 21.1 Å². The molecule has 0 radical (unpaired) electrons. The highest BCUT2D eigenvalue weighted by atomic mass is 16.2. The average molecular weight is 393 g/mol. The van der Waals surface area contributed by atoms with Gasteiger partial charge < -0.3 is 4.90 Å². The Balaban J connectivity index is 1.60. The van der Waals surface area contributed by atoms with E-state index in [2.05, 4.69) is 36.2 Å². The summed E-state index contributed by atoms with van der Waals surface area (Å²) >= 11 is 0. The van der Waals surface area contributed by atoms with Crippen molar-refractivity contribution in [3.8, 4) is 11.3 Å². The van der Waals surface area contributed by atoms with Crippen LogP contribution >= 0.6 is 0 Å². The minimum Gasteiger partial charge on any atom is -0.338 e. The summed E-state index contributed by atoms with van der Waals surface area (Å²) in [5.74, 6) is -0.0367. The van der Waals surface area contributed by atoms with Gasteiger partial charge in [0.05, 0.1) is 5.69 Å². The third-order valence-electron chi connectivity index (χ3n) is 5.85. The number of hydrogen-bond donors (Lipinski definition) is 0. The molecule has 0 N–H and O–H groups in total. The molecule has 152 valence electrons. The van der Waals surface area contributed by atoms with Crippen molar-refractivity contribution in [3.05, 3.63) is 52.6 Å². The van der Waals surface area contributed by atoms with E-state index in [0.717, 1.165) is 49.9 Å². The van der Waals surface area contributed by atoms with Crippen molar-refractivity contribution >= 4 is 11.4 Å². The number of rotatable bonds is 5. The first-order chi connectivity index (χ1) is 14.1. The number of aryl methyl sites for hydroxylation is 1. The highest BCUT2D eigenvalue weighted by Gasteiger charge is 2.26. The third-order valence-corrected chi connectivity index (χ3v) is 5.85. The zero-order valence-electron chi connectivity index (χ0n) is 17.0. The lowest BCUT2D eigenvalue weighted by molar-refractivity contribution is -0.135. The van der Waals surface area contributed by atoms with Gasteiger partial charge in [0.1, 0.15) is 18.4 Å². The average Bonchev–Trinajstić information content (AvgIpc) is 3.21. The van der Waals surface area contributed by atoms with Gasteiger partial charge >= 0.3 is 0 Å². The number of carbonyl (C=O) groups excluding carboxylic acids is 1. The molecule has 3 aromatic rings. The summed E-state index contributed by atoms with van der Waals surface area (Å²) in [5, 5.41) is 8.66. The number of carbonyl (C=O) groups is 1. The second-order valence-electron chi connectivity index (χ2n) is 7.65. The molecule has 3 heterocycles. The van der Waals surface area contributed by atoms with Gasteiger partial charge in [-0.25, -0.2) is 9.20 Å². The van der Waals surface area contributed by atoms with Crippen LogP contribution in [0.25, 0.3) is 16.8 Å². The van der Waals surface area contributed by atoms with E-state index >= 15 is 0 Å². The number of fused-ring (bicyclic) bond motifs is 1. The van der Waals surface area contributed by atoms with Crippen LogP contribution in [0.1, 0.15) is 45.1 Å².